The Bertz CT molecular complexity index is 721. The second kappa shape index (κ2) is 7.49. The van der Waals surface area contributed by atoms with Gasteiger partial charge >= 0.3 is 11.9 Å². The molecule has 0 fully saturated rings. The number of nitro groups is 1. The fraction of sp³-hybridized carbons (Fsp3) is 0.312. The van der Waals surface area contributed by atoms with Gasteiger partial charge in [0.1, 0.15) is 0 Å². The molecule has 24 heavy (non-hydrogen) atoms. The van der Waals surface area contributed by atoms with Crippen molar-refractivity contribution in [2.75, 3.05) is 13.7 Å². The molecule has 1 atom stereocenters. The summed E-state index contributed by atoms with van der Waals surface area (Å²) in [4.78, 5) is 38.3. The van der Waals surface area contributed by atoms with E-state index >= 15 is 0 Å². The molecule has 1 aliphatic heterocycles. The normalized spacial score (nSPS) is 16.7. The van der Waals surface area contributed by atoms with Crippen LogP contribution in [-0.4, -0.2) is 36.8 Å². The van der Waals surface area contributed by atoms with Crippen LogP contribution in [0.3, 0.4) is 0 Å². The van der Waals surface area contributed by atoms with Crippen molar-refractivity contribution in [3.8, 4) is 0 Å². The van der Waals surface area contributed by atoms with Crippen LogP contribution in [0.15, 0.2) is 34.8 Å². The third kappa shape index (κ3) is 3.65. The Morgan fingerprint density at radius 2 is 2.00 bits per heavy atom. The van der Waals surface area contributed by atoms with Gasteiger partial charge in [-0.05, 0) is 25.5 Å². The number of nitrogens with zero attached hydrogens (tertiary/aromatic N) is 2. The maximum atomic E-state index is 12.2. The highest BCUT2D eigenvalue weighted by molar-refractivity contribution is 6.04. The summed E-state index contributed by atoms with van der Waals surface area (Å²) < 4.78 is 9.71. The number of non-ortho nitro benzene ring substituents is 1. The third-order valence-electron chi connectivity index (χ3n) is 3.47. The third-order valence-corrected chi connectivity index (χ3v) is 3.47. The second-order valence-electron chi connectivity index (χ2n) is 4.96. The Kier molecular flexibility index (Phi) is 5.41. The summed E-state index contributed by atoms with van der Waals surface area (Å²) in [5.41, 5.74) is 1.04. The van der Waals surface area contributed by atoms with Crippen molar-refractivity contribution >= 4 is 29.5 Å². The molecular formula is C16H16N2O6. The molecule has 0 radical (unpaired) electrons. The minimum absolute atomic E-state index is 0.0655. The molecule has 0 bridgehead atoms. The van der Waals surface area contributed by atoms with Crippen LogP contribution in [0, 0.1) is 16.0 Å². The number of carbonyl (C=O) groups excluding carboxylic acids is 2. The van der Waals surface area contributed by atoms with E-state index in [1.54, 1.807) is 6.92 Å². The second-order valence-corrected chi connectivity index (χ2v) is 4.96. The first kappa shape index (κ1) is 17.3. The molecule has 1 heterocycles. The molecule has 0 saturated heterocycles. The monoisotopic (exact) mass is 332 g/mol. The molecule has 2 rings (SSSR count). The molecule has 0 aromatic heterocycles. The zero-order chi connectivity index (χ0) is 17.7. The van der Waals surface area contributed by atoms with Gasteiger partial charge in [0.05, 0.1) is 35.8 Å². The van der Waals surface area contributed by atoms with Crippen LogP contribution in [0.2, 0.25) is 0 Å². The number of nitro benzene ring substituents is 1. The van der Waals surface area contributed by atoms with Gasteiger partial charge in [-0.15, -0.1) is 0 Å². The van der Waals surface area contributed by atoms with Crippen molar-refractivity contribution in [2.24, 2.45) is 10.9 Å². The van der Waals surface area contributed by atoms with Gasteiger partial charge in [0, 0.05) is 23.9 Å². The quantitative estimate of drug-likeness (QED) is 0.464. The predicted molar refractivity (Wildman–Crippen MR) is 85.3 cm³/mol. The Hall–Kier alpha value is -3.03. The first-order chi connectivity index (χ1) is 11.5. The largest absolute Gasteiger partial charge is 0.469 e. The Labute approximate surface area is 137 Å². The van der Waals surface area contributed by atoms with Gasteiger partial charge < -0.3 is 9.47 Å². The summed E-state index contributed by atoms with van der Waals surface area (Å²) in [5.74, 6) is -1.74. The standard InChI is InChI=1S/C16H16N2O6/c1-3-24-16(20)13-8-11(15(19)23-2)9-17-14(13)10-4-6-12(7-5-10)18(21)22/h4-7,9,11H,3,8H2,1-2H3. The Morgan fingerprint density at radius 1 is 1.33 bits per heavy atom. The summed E-state index contributed by atoms with van der Waals surface area (Å²) in [5, 5.41) is 10.7. The van der Waals surface area contributed by atoms with E-state index in [0.29, 0.717) is 11.3 Å². The SMILES string of the molecule is CCOC(=O)C1=C(c2ccc([N+](=O)[O-])cc2)N=CC(C(=O)OC)C1. The molecule has 0 amide bonds. The van der Waals surface area contributed by atoms with Crippen molar-refractivity contribution in [3.05, 3.63) is 45.5 Å². The lowest BCUT2D eigenvalue weighted by atomic mass is 9.93. The number of ether oxygens (including phenoxy) is 2. The van der Waals surface area contributed by atoms with Crippen molar-refractivity contribution in [2.45, 2.75) is 13.3 Å². The van der Waals surface area contributed by atoms with E-state index in [0.717, 1.165) is 0 Å². The van der Waals surface area contributed by atoms with E-state index in [-0.39, 0.29) is 24.3 Å². The number of rotatable bonds is 5. The smallest absolute Gasteiger partial charge is 0.336 e. The zero-order valence-corrected chi connectivity index (χ0v) is 13.2. The van der Waals surface area contributed by atoms with Crippen molar-refractivity contribution in [1.82, 2.24) is 0 Å². The molecule has 8 nitrogen and oxygen atoms in total. The van der Waals surface area contributed by atoms with Crippen LogP contribution < -0.4 is 0 Å². The molecule has 8 heteroatoms. The molecule has 1 aromatic rings. The molecule has 0 N–H and O–H groups in total. The van der Waals surface area contributed by atoms with Gasteiger partial charge in [0.2, 0.25) is 0 Å². The minimum atomic E-state index is -0.670. The van der Waals surface area contributed by atoms with Crippen LogP contribution in [0.5, 0.6) is 0 Å². The fourth-order valence-electron chi connectivity index (χ4n) is 2.30. The van der Waals surface area contributed by atoms with Crippen LogP contribution >= 0.6 is 0 Å². The Morgan fingerprint density at radius 3 is 2.54 bits per heavy atom. The average molecular weight is 332 g/mol. The van der Waals surface area contributed by atoms with E-state index in [4.69, 9.17) is 4.74 Å². The van der Waals surface area contributed by atoms with Gasteiger partial charge in [-0.3, -0.25) is 19.9 Å². The molecule has 0 aliphatic carbocycles. The lowest BCUT2D eigenvalue weighted by Crippen LogP contribution is -2.24. The van der Waals surface area contributed by atoms with Crippen molar-refractivity contribution in [3.63, 3.8) is 0 Å². The average Bonchev–Trinajstić information content (AvgIpc) is 2.60. The first-order valence-corrected chi connectivity index (χ1v) is 7.25. The van der Waals surface area contributed by atoms with Gasteiger partial charge in [0.15, 0.2) is 0 Å². The fourth-order valence-corrected chi connectivity index (χ4v) is 2.30. The number of aliphatic imine (C=N–C) groups is 1. The number of carbonyl (C=O) groups is 2. The van der Waals surface area contributed by atoms with Gasteiger partial charge in [-0.2, -0.15) is 0 Å². The lowest BCUT2D eigenvalue weighted by molar-refractivity contribution is -0.384. The molecule has 1 aliphatic rings. The van der Waals surface area contributed by atoms with E-state index in [1.807, 2.05) is 0 Å². The van der Waals surface area contributed by atoms with Crippen molar-refractivity contribution < 1.29 is 24.0 Å². The number of hydrogen-bond donors (Lipinski definition) is 0. The van der Waals surface area contributed by atoms with E-state index in [2.05, 4.69) is 9.73 Å². The van der Waals surface area contributed by atoms with Gasteiger partial charge in [0.25, 0.3) is 5.69 Å². The van der Waals surface area contributed by atoms with Crippen LogP contribution in [0.25, 0.3) is 5.70 Å². The summed E-state index contributed by atoms with van der Waals surface area (Å²) in [6, 6.07) is 5.66. The Balaban J connectivity index is 2.41. The number of benzene rings is 1. The molecule has 1 aromatic carbocycles. The van der Waals surface area contributed by atoms with Gasteiger partial charge in [-0.1, -0.05) is 0 Å². The van der Waals surface area contributed by atoms with Crippen LogP contribution in [-0.2, 0) is 19.1 Å². The van der Waals surface area contributed by atoms with Gasteiger partial charge in [-0.25, -0.2) is 4.79 Å². The zero-order valence-electron chi connectivity index (χ0n) is 13.2. The highest BCUT2D eigenvalue weighted by Crippen LogP contribution is 2.30. The predicted octanol–water partition coefficient (Wildman–Crippen LogP) is 2.13. The summed E-state index contributed by atoms with van der Waals surface area (Å²) >= 11 is 0. The highest BCUT2D eigenvalue weighted by atomic mass is 16.6. The van der Waals surface area contributed by atoms with E-state index in [1.165, 1.54) is 37.6 Å². The van der Waals surface area contributed by atoms with E-state index in [9.17, 15) is 19.7 Å². The number of hydrogen-bond acceptors (Lipinski definition) is 7. The van der Waals surface area contributed by atoms with Crippen LogP contribution in [0.4, 0.5) is 5.69 Å². The molecule has 0 saturated carbocycles. The molecule has 126 valence electrons. The summed E-state index contributed by atoms with van der Waals surface area (Å²) in [7, 11) is 1.26. The summed E-state index contributed by atoms with van der Waals surface area (Å²) in [6.07, 6.45) is 1.51. The summed E-state index contributed by atoms with van der Waals surface area (Å²) in [6.45, 7) is 1.86. The van der Waals surface area contributed by atoms with Crippen molar-refractivity contribution in [1.29, 1.82) is 0 Å². The molecular weight excluding hydrogens is 316 g/mol. The highest BCUT2D eigenvalue weighted by Gasteiger charge is 2.29. The molecule has 0 spiro atoms. The minimum Gasteiger partial charge on any atom is -0.469 e. The maximum absolute atomic E-state index is 12.2. The number of methoxy groups -OCH3 is 1. The number of esters is 2. The maximum Gasteiger partial charge on any atom is 0.336 e. The van der Waals surface area contributed by atoms with E-state index < -0.39 is 22.8 Å². The lowest BCUT2D eigenvalue weighted by Gasteiger charge is -2.19. The molecule has 1 unspecified atom stereocenters. The van der Waals surface area contributed by atoms with Crippen LogP contribution in [0.1, 0.15) is 18.9 Å². The topological polar surface area (TPSA) is 108 Å². The first-order valence-electron chi connectivity index (χ1n) is 7.25.